The lowest BCUT2D eigenvalue weighted by molar-refractivity contribution is -0.138. The van der Waals surface area contributed by atoms with E-state index in [0.717, 1.165) is 5.56 Å². The van der Waals surface area contributed by atoms with Gasteiger partial charge in [-0.1, -0.05) is 48.5 Å². The van der Waals surface area contributed by atoms with Crippen LogP contribution in [-0.2, 0) is 26.0 Å². The highest BCUT2D eigenvalue weighted by Crippen LogP contribution is 2.18. The zero-order chi connectivity index (χ0) is 18.6. The van der Waals surface area contributed by atoms with Crippen molar-refractivity contribution in [3.8, 4) is 0 Å². The van der Waals surface area contributed by atoms with Gasteiger partial charge in [-0.05, 0) is 24.1 Å². The van der Waals surface area contributed by atoms with Crippen LogP contribution in [0.3, 0.4) is 0 Å². The Morgan fingerprint density at radius 2 is 1.62 bits per heavy atom. The molecule has 1 heterocycles. The molecular formula is C19H20N2O4S. The standard InChI is InChI=1S/C19H20N2O4S/c22-18(20-16-11-12-26(24,25)14-16)19(23)21(17-9-5-2-6-10-17)13-15-7-3-1-4-8-15/h1-10,16H,11-14H2,(H,20,22). The van der Waals surface area contributed by atoms with Crippen LogP contribution in [0.25, 0.3) is 0 Å². The third-order valence-electron chi connectivity index (χ3n) is 4.26. The zero-order valence-corrected chi connectivity index (χ0v) is 15.0. The van der Waals surface area contributed by atoms with E-state index in [1.807, 2.05) is 36.4 Å². The topological polar surface area (TPSA) is 83.5 Å². The molecule has 1 saturated heterocycles. The molecule has 2 aromatic carbocycles. The second kappa shape index (κ2) is 7.70. The van der Waals surface area contributed by atoms with Crippen molar-refractivity contribution in [2.24, 2.45) is 0 Å². The molecular weight excluding hydrogens is 352 g/mol. The first-order chi connectivity index (χ1) is 12.4. The molecule has 0 bridgehead atoms. The van der Waals surface area contributed by atoms with Gasteiger partial charge in [0.1, 0.15) is 0 Å². The van der Waals surface area contributed by atoms with Crippen molar-refractivity contribution in [3.05, 3.63) is 66.2 Å². The van der Waals surface area contributed by atoms with E-state index in [-0.39, 0.29) is 18.1 Å². The summed E-state index contributed by atoms with van der Waals surface area (Å²) in [5.41, 5.74) is 1.50. The Labute approximate surface area is 152 Å². The number of sulfone groups is 1. The van der Waals surface area contributed by atoms with E-state index >= 15 is 0 Å². The molecule has 0 saturated carbocycles. The molecule has 0 aliphatic carbocycles. The fraction of sp³-hybridized carbons (Fsp3) is 0.263. The molecule has 2 aromatic rings. The molecule has 0 aromatic heterocycles. The highest BCUT2D eigenvalue weighted by molar-refractivity contribution is 7.91. The number of hydrogen-bond donors (Lipinski definition) is 1. The first kappa shape index (κ1) is 18.1. The van der Waals surface area contributed by atoms with Crippen LogP contribution in [0.2, 0.25) is 0 Å². The number of hydrogen-bond acceptors (Lipinski definition) is 4. The van der Waals surface area contributed by atoms with Crippen molar-refractivity contribution in [1.82, 2.24) is 5.32 Å². The smallest absolute Gasteiger partial charge is 0.316 e. The second-order valence-corrected chi connectivity index (χ2v) is 8.51. The van der Waals surface area contributed by atoms with Crippen molar-refractivity contribution in [2.45, 2.75) is 19.0 Å². The molecule has 3 rings (SSSR count). The van der Waals surface area contributed by atoms with Crippen molar-refractivity contribution < 1.29 is 18.0 Å². The Morgan fingerprint density at radius 1 is 1.00 bits per heavy atom. The van der Waals surface area contributed by atoms with Gasteiger partial charge < -0.3 is 5.32 Å². The number of anilines is 1. The van der Waals surface area contributed by atoms with E-state index in [2.05, 4.69) is 5.32 Å². The third-order valence-corrected chi connectivity index (χ3v) is 6.03. The lowest BCUT2D eigenvalue weighted by Gasteiger charge is -2.23. The summed E-state index contributed by atoms with van der Waals surface area (Å²) < 4.78 is 23.1. The Balaban J connectivity index is 1.77. The maximum atomic E-state index is 12.8. The SMILES string of the molecule is O=C(NC1CCS(=O)(=O)C1)C(=O)N(Cc1ccccc1)c1ccccc1. The molecule has 1 atom stereocenters. The normalized spacial score (nSPS) is 18.2. The number of carbonyl (C=O) groups excluding carboxylic acids is 2. The molecule has 1 aliphatic rings. The maximum absolute atomic E-state index is 12.8. The molecule has 1 aliphatic heterocycles. The van der Waals surface area contributed by atoms with Crippen LogP contribution in [0.4, 0.5) is 5.69 Å². The number of amides is 2. The lowest BCUT2D eigenvalue weighted by Crippen LogP contribution is -2.46. The molecule has 2 amide bonds. The van der Waals surface area contributed by atoms with Gasteiger partial charge in [-0.25, -0.2) is 8.42 Å². The van der Waals surface area contributed by atoms with Crippen LogP contribution in [-0.4, -0.2) is 37.8 Å². The van der Waals surface area contributed by atoms with Crippen molar-refractivity contribution in [2.75, 3.05) is 16.4 Å². The second-order valence-electron chi connectivity index (χ2n) is 6.29. The lowest BCUT2D eigenvalue weighted by atomic mass is 10.2. The average molecular weight is 372 g/mol. The minimum atomic E-state index is -3.13. The van der Waals surface area contributed by atoms with Gasteiger partial charge >= 0.3 is 11.8 Å². The van der Waals surface area contributed by atoms with Gasteiger partial charge in [0.15, 0.2) is 9.84 Å². The Hall–Kier alpha value is -2.67. The fourth-order valence-electron chi connectivity index (χ4n) is 2.93. The Bertz CT molecular complexity index is 882. The molecule has 7 heteroatoms. The summed E-state index contributed by atoms with van der Waals surface area (Å²) in [6.45, 7) is 0.250. The van der Waals surface area contributed by atoms with Gasteiger partial charge in [0.05, 0.1) is 18.1 Å². The van der Waals surface area contributed by atoms with Crippen molar-refractivity contribution in [1.29, 1.82) is 0 Å². The largest absolute Gasteiger partial charge is 0.344 e. The van der Waals surface area contributed by atoms with Gasteiger partial charge in [-0.3, -0.25) is 14.5 Å². The molecule has 136 valence electrons. The quantitative estimate of drug-likeness (QED) is 0.825. The molecule has 0 radical (unpaired) electrons. The van der Waals surface area contributed by atoms with Gasteiger partial charge in [0, 0.05) is 11.7 Å². The summed E-state index contributed by atoms with van der Waals surface area (Å²) in [7, 11) is -3.13. The minimum absolute atomic E-state index is 0.0402. The summed E-state index contributed by atoms with van der Waals surface area (Å²) in [6, 6.07) is 17.8. The van der Waals surface area contributed by atoms with E-state index in [4.69, 9.17) is 0 Å². The van der Waals surface area contributed by atoms with Crippen molar-refractivity contribution >= 4 is 27.3 Å². The van der Waals surface area contributed by atoms with E-state index in [1.165, 1.54) is 4.90 Å². The minimum Gasteiger partial charge on any atom is -0.344 e. The van der Waals surface area contributed by atoms with Crippen LogP contribution in [0.5, 0.6) is 0 Å². The first-order valence-electron chi connectivity index (χ1n) is 8.36. The Morgan fingerprint density at radius 3 is 2.19 bits per heavy atom. The molecule has 6 nitrogen and oxygen atoms in total. The van der Waals surface area contributed by atoms with Gasteiger partial charge in [0.25, 0.3) is 0 Å². The molecule has 1 fully saturated rings. The molecule has 26 heavy (non-hydrogen) atoms. The van der Waals surface area contributed by atoms with E-state index in [0.29, 0.717) is 12.1 Å². The number of para-hydroxylation sites is 1. The summed E-state index contributed by atoms with van der Waals surface area (Å²) in [4.78, 5) is 26.6. The fourth-order valence-corrected chi connectivity index (χ4v) is 4.61. The zero-order valence-electron chi connectivity index (χ0n) is 14.2. The van der Waals surface area contributed by atoms with Gasteiger partial charge in [-0.15, -0.1) is 0 Å². The molecule has 1 N–H and O–H groups in total. The van der Waals surface area contributed by atoms with Crippen LogP contribution in [0.15, 0.2) is 60.7 Å². The van der Waals surface area contributed by atoms with Crippen LogP contribution in [0.1, 0.15) is 12.0 Å². The van der Waals surface area contributed by atoms with Crippen LogP contribution in [0, 0.1) is 0 Å². The average Bonchev–Trinajstić information content (AvgIpc) is 2.99. The van der Waals surface area contributed by atoms with E-state index in [1.54, 1.807) is 24.3 Å². The maximum Gasteiger partial charge on any atom is 0.316 e. The summed E-state index contributed by atoms with van der Waals surface area (Å²) >= 11 is 0. The number of benzene rings is 2. The number of rotatable bonds is 4. The van der Waals surface area contributed by atoms with Crippen LogP contribution >= 0.6 is 0 Å². The van der Waals surface area contributed by atoms with Crippen LogP contribution < -0.4 is 10.2 Å². The summed E-state index contributed by atoms with van der Waals surface area (Å²) in [5.74, 6) is -1.56. The van der Waals surface area contributed by atoms with E-state index in [9.17, 15) is 18.0 Å². The Kier molecular flexibility index (Phi) is 5.37. The molecule has 0 spiro atoms. The molecule has 1 unspecified atom stereocenters. The van der Waals surface area contributed by atoms with Crippen molar-refractivity contribution in [3.63, 3.8) is 0 Å². The summed E-state index contributed by atoms with van der Waals surface area (Å²) in [6.07, 6.45) is 0.339. The predicted molar refractivity (Wildman–Crippen MR) is 99.3 cm³/mol. The number of nitrogens with zero attached hydrogens (tertiary/aromatic N) is 1. The third kappa shape index (κ3) is 4.49. The summed E-state index contributed by atoms with van der Waals surface area (Å²) in [5, 5.41) is 2.56. The highest BCUT2D eigenvalue weighted by Gasteiger charge is 2.32. The highest BCUT2D eigenvalue weighted by atomic mass is 32.2. The number of carbonyl (C=O) groups is 2. The monoisotopic (exact) mass is 372 g/mol. The van der Waals surface area contributed by atoms with Gasteiger partial charge in [-0.2, -0.15) is 0 Å². The first-order valence-corrected chi connectivity index (χ1v) is 10.2. The van der Waals surface area contributed by atoms with E-state index < -0.39 is 27.7 Å². The predicted octanol–water partition coefficient (Wildman–Crippen LogP) is 1.52. The number of nitrogens with one attached hydrogen (secondary N) is 1. The van der Waals surface area contributed by atoms with Gasteiger partial charge in [0.2, 0.25) is 0 Å².